The molecule has 0 aliphatic rings. The summed E-state index contributed by atoms with van der Waals surface area (Å²) in [4.78, 5) is 37.1. The van der Waals surface area contributed by atoms with Crippen LogP contribution in [0.25, 0.3) is 44.2 Å². The molecule has 1 atom stereocenters. The van der Waals surface area contributed by atoms with Crippen molar-refractivity contribution in [1.29, 1.82) is 0 Å². The van der Waals surface area contributed by atoms with Gasteiger partial charge in [-0.15, -0.1) is 0 Å². The molecule has 0 fully saturated rings. The number of nitrogens with one attached hydrogen (secondary N) is 2. The second-order valence-electron chi connectivity index (χ2n) is 10.3. The Balaban J connectivity index is 1.30. The summed E-state index contributed by atoms with van der Waals surface area (Å²) in [6, 6.07) is 27.2. The van der Waals surface area contributed by atoms with Crippen LogP contribution in [0.2, 0.25) is 0 Å². The van der Waals surface area contributed by atoms with E-state index in [-0.39, 0.29) is 17.2 Å². The Kier molecular flexibility index (Phi) is 8.01. The van der Waals surface area contributed by atoms with E-state index in [0.29, 0.717) is 40.7 Å². The van der Waals surface area contributed by atoms with Crippen LogP contribution in [0.3, 0.4) is 0 Å². The van der Waals surface area contributed by atoms with E-state index in [9.17, 15) is 22.8 Å². The molecule has 1 amide bonds. The van der Waals surface area contributed by atoms with Crippen LogP contribution in [0, 0.1) is 0 Å². The van der Waals surface area contributed by atoms with Gasteiger partial charge in [-0.25, -0.2) is 9.78 Å². The highest BCUT2D eigenvalue weighted by Crippen LogP contribution is 2.35. The lowest BCUT2D eigenvalue weighted by atomic mass is 9.96. The summed E-state index contributed by atoms with van der Waals surface area (Å²) < 4.78 is 42.2. The van der Waals surface area contributed by atoms with Crippen molar-refractivity contribution in [2.24, 2.45) is 5.73 Å². The maximum atomic E-state index is 13.4. The van der Waals surface area contributed by atoms with Crippen LogP contribution in [0.4, 0.5) is 13.2 Å². The zero-order valence-electron chi connectivity index (χ0n) is 23.6. The number of H-pyrrole nitrogens is 1. The average Bonchev–Trinajstić information content (AvgIpc) is 3.46. The number of carbonyl (C=O) groups excluding carboxylic acids is 2. The average molecular weight is 610 g/mol. The van der Waals surface area contributed by atoms with Gasteiger partial charge in [-0.2, -0.15) is 13.2 Å². The number of pyridine rings is 2. The maximum Gasteiger partial charge on any atom is 0.490 e. The van der Waals surface area contributed by atoms with Crippen molar-refractivity contribution in [3.05, 3.63) is 120 Å². The Morgan fingerprint density at radius 1 is 0.911 bits per heavy atom. The van der Waals surface area contributed by atoms with Crippen LogP contribution in [0.15, 0.2) is 103 Å². The van der Waals surface area contributed by atoms with E-state index < -0.39 is 18.4 Å². The number of alkyl halides is 3. The molecule has 45 heavy (non-hydrogen) atoms. The Morgan fingerprint density at radius 2 is 1.64 bits per heavy atom. The van der Waals surface area contributed by atoms with Gasteiger partial charge in [-0.3, -0.25) is 15.5 Å². The fourth-order valence-corrected chi connectivity index (χ4v) is 5.15. The number of ether oxygens (including phenoxy) is 1. The minimum atomic E-state index is -5.15. The number of para-hydroxylation sites is 1. The van der Waals surface area contributed by atoms with E-state index in [4.69, 9.17) is 10.7 Å². The first-order chi connectivity index (χ1) is 21.7. The van der Waals surface area contributed by atoms with Crippen LogP contribution < -0.4 is 11.1 Å². The first-order valence-electron chi connectivity index (χ1n) is 14.0. The van der Waals surface area contributed by atoms with E-state index in [2.05, 4.69) is 20.0 Å². The predicted octanol–water partition coefficient (Wildman–Crippen LogP) is 6.48. The van der Waals surface area contributed by atoms with Gasteiger partial charge in [0.1, 0.15) is 5.69 Å². The van der Waals surface area contributed by atoms with E-state index in [1.165, 1.54) is 18.3 Å². The highest BCUT2D eigenvalue weighted by Gasteiger charge is 2.42. The molecule has 11 heteroatoms. The summed E-state index contributed by atoms with van der Waals surface area (Å²) in [6.07, 6.45) is -2.66. The fraction of sp³-hybridized carbons (Fsp3) is 0.118. The lowest BCUT2D eigenvalue weighted by molar-refractivity contribution is -0.205. The third kappa shape index (κ3) is 6.24. The van der Waals surface area contributed by atoms with Crippen molar-refractivity contribution in [2.75, 3.05) is 6.54 Å². The van der Waals surface area contributed by atoms with E-state index in [1.54, 1.807) is 18.2 Å². The van der Waals surface area contributed by atoms with Gasteiger partial charge in [0, 0.05) is 51.9 Å². The summed E-state index contributed by atoms with van der Waals surface area (Å²) >= 11 is 0. The number of hydrogen-bond donors (Lipinski definition) is 3. The number of aromatic nitrogens is 3. The van der Waals surface area contributed by atoms with Crippen molar-refractivity contribution in [2.45, 2.75) is 18.8 Å². The SMILES string of the molecule is NC(OC(=O)C(F)(F)F)c1ccc(-c2nc3ccnc(C(=O)NCCc4c[nH]c5ccccc45)c3cc2-c2ccccc2)cc1. The molecule has 8 nitrogen and oxygen atoms in total. The van der Waals surface area contributed by atoms with Gasteiger partial charge in [-0.1, -0.05) is 72.8 Å². The summed E-state index contributed by atoms with van der Waals surface area (Å²) in [6.45, 7) is 0.405. The first-order valence-corrected chi connectivity index (χ1v) is 14.0. The molecule has 0 bridgehead atoms. The molecule has 0 aliphatic carbocycles. The molecule has 1 unspecified atom stereocenters. The number of aromatic amines is 1. The molecule has 226 valence electrons. The number of halogens is 3. The van der Waals surface area contributed by atoms with Crippen molar-refractivity contribution in [3.8, 4) is 22.4 Å². The summed E-state index contributed by atoms with van der Waals surface area (Å²) in [5, 5.41) is 4.64. The van der Waals surface area contributed by atoms with Crippen LogP contribution in [0.5, 0.6) is 0 Å². The highest BCUT2D eigenvalue weighted by molar-refractivity contribution is 6.06. The zero-order chi connectivity index (χ0) is 31.6. The monoisotopic (exact) mass is 609 g/mol. The minimum absolute atomic E-state index is 0.175. The van der Waals surface area contributed by atoms with Crippen molar-refractivity contribution >= 4 is 33.7 Å². The Bertz CT molecular complexity index is 2010. The van der Waals surface area contributed by atoms with Crippen molar-refractivity contribution in [3.63, 3.8) is 0 Å². The normalized spacial score (nSPS) is 12.3. The van der Waals surface area contributed by atoms with Crippen LogP contribution in [-0.4, -0.2) is 39.5 Å². The molecule has 0 saturated heterocycles. The second kappa shape index (κ2) is 12.2. The summed E-state index contributed by atoms with van der Waals surface area (Å²) in [7, 11) is 0. The molecule has 3 aromatic heterocycles. The number of nitrogens with zero attached hydrogens (tertiary/aromatic N) is 2. The highest BCUT2D eigenvalue weighted by atomic mass is 19.4. The van der Waals surface area contributed by atoms with Gasteiger partial charge in [0.15, 0.2) is 6.23 Å². The quantitative estimate of drug-likeness (QED) is 0.134. The molecular formula is C34H26F3N5O3. The second-order valence-corrected chi connectivity index (χ2v) is 10.3. The number of hydrogen-bond acceptors (Lipinski definition) is 6. The first kappa shape index (κ1) is 29.5. The molecule has 4 N–H and O–H groups in total. The summed E-state index contributed by atoms with van der Waals surface area (Å²) in [5.74, 6) is -2.70. The zero-order valence-corrected chi connectivity index (χ0v) is 23.6. The fourth-order valence-electron chi connectivity index (χ4n) is 5.15. The summed E-state index contributed by atoms with van der Waals surface area (Å²) in [5.41, 5.74) is 11.5. The third-order valence-electron chi connectivity index (χ3n) is 7.38. The smallest absolute Gasteiger partial charge is 0.436 e. The number of amides is 1. The van der Waals surface area contributed by atoms with Gasteiger partial charge < -0.3 is 15.0 Å². The number of rotatable bonds is 8. The van der Waals surface area contributed by atoms with Crippen molar-refractivity contribution in [1.82, 2.24) is 20.3 Å². The predicted molar refractivity (Wildman–Crippen MR) is 164 cm³/mol. The standard InChI is InChI=1S/C34H26F3N5O3/c35-34(36,37)33(44)45-31(38)22-12-10-21(11-13-22)29-25(20-6-2-1-3-7-20)18-26-28(42-29)15-17-39-30(26)32(43)40-16-14-23-19-41-27-9-5-4-8-24(23)27/h1-13,15,17-19,31,41H,14,16,38H2,(H,40,43). The third-order valence-corrected chi connectivity index (χ3v) is 7.38. The van der Waals surface area contributed by atoms with Crippen LogP contribution in [-0.2, 0) is 16.0 Å². The number of nitrogens with two attached hydrogens (primary N) is 1. The van der Waals surface area contributed by atoms with Crippen LogP contribution >= 0.6 is 0 Å². The molecular weight excluding hydrogens is 583 g/mol. The molecule has 3 aromatic carbocycles. The Hall–Kier alpha value is -5.55. The number of esters is 1. The largest absolute Gasteiger partial charge is 0.490 e. The number of fused-ring (bicyclic) bond motifs is 2. The lowest BCUT2D eigenvalue weighted by Gasteiger charge is -2.16. The maximum absolute atomic E-state index is 13.4. The number of carbonyl (C=O) groups is 2. The van der Waals surface area contributed by atoms with Gasteiger partial charge in [0.2, 0.25) is 0 Å². The Labute approximate surface area is 255 Å². The van der Waals surface area contributed by atoms with Crippen molar-refractivity contribution < 1.29 is 27.5 Å². The van der Waals surface area contributed by atoms with Gasteiger partial charge in [0.25, 0.3) is 5.91 Å². The molecule has 6 rings (SSSR count). The van der Waals surface area contributed by atoms with Gasteiger partial charge in [0.05, 0.1) is 11.2 Å². The molecule has 0 aliphatic heterocycles. The van der Waals surface area contributed by atoms with E-state index in [0.717, 1.165) is 22.0 Å². The van der Waals surface area contributed by atoms with Crippen LogP contribution in [0.1, 0.15) is 27.8 Å². The Morgan fingerprint density at radius 3 is 2.40 bits per heavy atom. The van der Waals surface area contributed by atoms with E-state index >= 15 is 0 Å². The van der Waals surface area contributed by atoms with Gasteiger partial charge >= 0.3 is 12.1 Å². The topological polar surface area (TPSA) is 123 Å². The minimum Gasteiger partial charge on any atom is -0.436 e. The number of benzene rings is 3. The lowest BCUT2D eigenvalue weighted by Crippen LogP contribution is -2.29. The molecule has 6 aromatic rings. The van der Waals surface area contributed by atoms with Gasteiger partial charge in [-0.05, 0) is 35.7 Å². The molecule has 0 radical (unpaired) electrons. The van der Waals surface area contributed by atoms with E-state index in [1.807, 2.05) is 66.9 Å². The molecule has 0 spiro atoms. The molecule has 0 saturated carbocycles. The molecule has 3 heterocycles.